The second kappa shape index (κ2) is 6.63. The van der Waals surface area contributed by atoms with Crippen molar-refractivity contribution < 1.29 is 18.7 Å². The summed E-state index contributed by atoms with van der Waals surface area (Å²) in [5.74, 6) is 0.858. The molecule has 1 aliphatic rings. The summed E-state index contributed by atoms with van der Waals surface area (Å²) in [7, 11) is 1.51. The molecular weight excluding hydrogens is 332 g/mol. The summed E-state index contributed by atoms with van der Waals surface area (Å²) >= 11 is 0. The van der Waals surface area contributed by atoms with E-state index in [4.69, 9.17) is 13.9 Å². The molecule has 0 spiro atoms. The molecule has 1 aromatic heterocycles. The molecule has 0 saturated carbocycles. The molecule has 1 aliphatic heterocycles. The summed E-state index contributed by atoms with van der Waals surface area (Å²) in [6, 6.07) is 1.49. The van der Waals surface area contributed by atoms with Gasteiger partial charge in [-0.15, -0.1) is 0 Å². The zero-order chi connectivity index (χ0) is 19.1. The van der Waals surface area contributed by atoms with Crippen molar-refractivity contribution in [1.82, 2.24) is 0 Å². The normalized spacial score (nSPS) is 14.8. The predicted octanol–water partition coefficient (Wildman–Crippen LogP) is 4.53. The summed E-state index contributed by atoms with van der Waals surface area (Å²) in [6.45, 7) is 7.72. The molecule has 0 atom stereocenters. The van der Waals surface area contributed by atoms with E-state index in [-0.39, 0.29) is 17.8 Å². The molecule has 5 heteroatoms. The highest BCUT2D eigenvalue weighted by atomic mass is 16.5. The van der Waals surface area contributed by atoms with Gasteiger partial charge in [0.05, 0.1) is 18.1 Å². The molecule has 0 amide bonds. The molecule has 3 rings (SSSR count). The van der Waals surface area contributed by atoms with Crippen LogP contribution < -0.4 is 15.1 Å². The molecule has 1 aromatic carbocycles. The van der Waals surface area contributed by atoms with E-state index >= 15 is 0 Å². The molecule has 2 heterocycles. The Hall–Kier alpha value is -2.56. The number of hydrogen-bond donors (Lipinski definition) is 0. The number of ether oxygens (including phenoxy) is 2. The number of aryl methyl sites for hydroxylation is 1. The van der Waals surface area contributed by atoms with Crippen LogP contribution in [0, 0.1) is 0 Å². The smallest absolute Gasteiger partial charge is 0.336 e. The summed E-state index contributed by atoms with van der Waals surface area (Å²) in [4.78, 5) is 24.9. The lowest BCUT2D eigenvalue weighted by molar-refractivity contribution is 0.0985. The van der Waals surface area contributed by atoms with Crippen molar-refractivity contribution in [1.29, 1.82) is 0 Å². The van der Waals surface area contributed by atoms with Crippen molar-refractivity contribution >= 4 is 22.8 Å². The van der Waals surface area contributed by atoms with E-state index in [1.54, 1.807) is 6.92 Å². The van der Waals surface area contributed by atoms with Gasteiger partial charge in [0.25, 0.3) is 0 Å². The standard InChI is InChI=1S/C21H24O5/c1-6-8-12-11-15(23)25-20-16(12)19-13(9-10-21(3,4)26-19)18(24-5)17(20)14(22)7-2/h9-11H,6-8H2,1-5H3. The van der Waals surface area contributed by atoms with E-state index in [1.807, 2.05) is 32.9 Å². The topological polar surface area (TPSA) is 65.7 Å². The number of fused-ring (bicyclic) bond motifs is 3. The van der Waals surface area contributed by atoms with Crippen LogP contribution in [0.25, 0.3) is 17.0 Å². The Morgan fingerprint density at radius 2 is 2.00 bits per heavy atom. The van der Waals surface area contributed by atoms with E-state index in [2.05, 4.69) is 0 Å². The fourth-order valence-corrected chi connectivity index (χ4v) is 3.39. The highest BCUT2D eigenvalue weighted by Gasteiger charge is 2.32. The minimum atomic E-state index is -0.513. The first-order chi connectivity index (χ1) is 12.3. The van der Waals surface area contributed by atoms with Gasteiger partial charge in [-0.1, -0.05) is 20.3 Å². The van der Waals surface area contributed by atoms with Crippen molar-refractivity contribution in [3.63, 3.8) is 0 Å². The van der Waals surface area contributed by atoms with Gasteiger partial charge in [-0.2, -0.15) is 0 Å². The van der Waals surface area contributed by atoms with Crippen LogP contribution in [0.5, 0.6) is 11.5 Å². The lowest BCUT2D eigenvalue weighted by atomic mass is 9.92. The van der Waals surface area contributed by atoms with Gasteiger partial charge in [-0.05, 0) is 38.0 Å². The van der Waals surface area contributed by atoms with Gasteiger partial charge in [-0.3, -0.25) is 4.79 Å². The van der Waals surface area contributed by atoms with E-state index in [0.29, 0.717) is 34.4 Å². The van der Waals surface area contributed by atoms with Crippen LogP contribution in [0.2, 0.25) is 0 Å². The van der Waals surface area contributed by atoms with Crippen molar-refractivity contribution in [3.8, 4) is 11.5 Å². The van der Waals surface area contributed by atoms with Crippen LogP contribution in [-0.4, -0.2) is 18.5 Å². The Bertz CT molecular complexity index is 963. The quantitative estimate of drug-likeness (QED) is 0.582. The first-order valence-corrected chi connectivity index (χ1v) is 8.95. The number of carbonyl (C=O) groups excluding carboxylic acids is 1. The zero-order valence-electron chi connectivity index (χ0n) is 15.9. The van der Waals surface area contributed by atoms with Crippen molar-refractivity contribution in [2.24, 2.45) is 0 Å². The maximum Gasteiger partial charge on any atom is 0.336 e. The Balaban J connectivity index is 2.55. The van der Waals surface area contributed by atoms with Crippen molar-refractivity contribution in [2.75, 3.05) is 7.11 Å². The number of benzene rings is 1. The molecule has 0 unspecified atom stereocenters. The molecule has 0 N–H and O–H groups in total. The Kier molecular flexibility index (Phi) is 4.65. The van der Waals surface area contributed by atoms with Crippen LogP contribution in [-0.2, 0) is 6.42 Å². The van der Waals surface area contributed by atoms with E-state index in [0.717, 1.165) is 12.0 Å². The summed E-state index contributed by atoms with van der Waals surface area (Å²) in [5.41, 5.74) is 1.12. The first-order valence-electron chi connectivity index (χ1n) is 8.95. The number of rotatable bonds is 5. The monoisotopic (exact) mass is 356 g/mol. The lowest BCUT2D eigenvalue weighted by Crippen LogP contribution is -2.28. The summed E-state index contributed by atoms with van der Waals surface area (Å²) < 4.78 is 17.3. The molecule has 2 aromatic rings. The largest absolute Gasteiger partial charge is 0.495 e. The van der Waals surface area contributed by atoms with E-state index in [1.165, 1.54) is 13.2 Å². The third-order valence-electron chi connectivity index (χ3n) is 4.55. The maximum atomic E-state index is 12.7. The molecule has 0 saturated heterocycles. The molecular formula is C21H24O5. The maximum absolute atomic E-state index is 12.7. The number of ketones is 1. The highest BCUT2D eigenvalue weighted by Crippen LogP contribution is 2.46. The van der Waals surface area contributed by atoms with Gasteiger partial charge in [0, 0.05) is 12.5 Å². The molecule has 5 nitrogen and oxygen atoms in total. The second-order valence-corrected chi connectivity index (χ2v) is 7.01. The fourth-order valence-electron chi connectivity index (χ4n) is 3.39. The predicted molar refractivity (Wildman–Crippen MR) is 101 cm³/mol. The molecule has 0 aliphatic carbocycles. The molecule has 138 valence electrons. The van der Waals surface area contributed by atoms with Gasteiger partial charge in [0.1, 0.15) is 22.7 Å². The van der Waals surface area contributed by atoms with Crippen molar-refractivity contribution in [2.45, 2.75) is 52.6 Å². The SMILES string of the molecule is CCCc1cc(=O)oc2c(C(=O)CC)c(OC)c3c(c12)OC(C)(C)C=C3. The molecule has 26 heavy (non-hydrogen) atoms. The summed E-state index contributed by atoms with van der Waals surface area (Å²) in [5, 5.41) is 0.691. The Morgan fingerprint density at radius 1 is 1.27 bits per heavy atom. The minimum absolute atomic E-state index is 0.135. The third kappa shape index (κ3) is 2.91. The van der Waals surface area contributed by atoms with Crippen LogP contribution in [0.1, 0.15) is 62.0 Å². The molecule has 0 fully saturated rings. The lowest BCUT2D eigenvalue weighted by Gasteiger charge is -2.30. The van der Waals surface area contributed by atoms with Crippen LogP contribution >= 0.6 is 0 Å². The van der Waals surface area contributed by atoms with Gasteiger partial charge in [0.15, 0.2) is 11.4 Å². The van der Waals surface area contributed by atoms with Gasteiger partial charge < -0.3 is 13.9 Å². The van der Waals surface area contributed by atoms with Crippen LogP contribution in [0.15, 0.2) is 21.4 Å². The van der Waals surface area contributed by atoms with E-state index < -0.39 is 11.2 Å². The average Bonchev–Trinajstić information content (AvgIpc) is 2.58. The third-order valence-corrected chi connectivity index (χ3v) is 4.55. The highest BCUT2D eigenvalue weighted by molar-refractivity contribution is 6.12. The Morgan fingerprint density at radius 3 is 2.62 bits per heavy atom. The second-order valence-electron chi connectivity index (χ2n) is 7.01. The average molecular weight is 356 g/mol. The van der Waals surface area contributed by atoms with Gasteiger partial charge >= 0.3 is 5.63 Å². The number of hydrogen-bond acceptors (Lipinski definition) is 5. The van der Waals surface area contributed by atoms with Crippen LogP contribution in [0.3, 0.4) is 0 Å². The number of methoxy groups -OCH3 is 1. The van der Waals surface area contributed by atoms with Gasteiger partial charge in [0.2, 0.25) is 0 Å². The minimum Gasteiger partial charge on any atom is -0.495 e. The fraction of sp³-hybridized carbons (Fsp3) is 0.429. The number of carbonyl (C=O) groups is 1. The Labute approximate surface area is 152 Å². The number of Topliss-reactive ketones (excluding diaryl/α,β-unsaturated/α-hetero) is 1. The first kappa shape index (κ1) is 18.2. The van der Waals surface area contributed by atoms with E-state index in [9.17, 15) is 9.59 Å². The molecule has 0 radical (unpaired) electrons. The summed E-state index contributed by atoms with van der Waals surface area (Å²) in [6.07, 6.45) is 5.68. The molecule has 0 bridgehead atoms. The van der Waals surface area contributed by atoms with Crippen LogP contribution in [0.4, 0.5) is 0 Å². The zero-order valence-corrected chi connectivity index (χ0v) is 15.9. The van der Waals surface area contributed by atoms with Crippen molar-refractivity contribution in [3.05, 3.63) is 39.3 Å². The van der Waals surface area contributed by atoms with Gasteiger partial charge in [-0.25, -0.2) is 4.79 Å².